The van der Waals surface area contributed by atoms with Gasteiger partial charge in [-0.25, -0.2) is 14.4 Å². The molecule has 0 aliphatic heterocycles. The molecule has 2 N–H and O–H groups in total. The number of aliphatic hydroxyl groups is 1. The zero-order valence-corrected chi connectivity index (χ0v) is 26.9. The molecule has 5 aromatic rings. The van der Waals surface area contributed by atoms with E-state index in [0.717, 1.165) is 12.7 Å². The van der Waals surface area contributed by atoms with Crippen LogP contribution in [0.4, 0.5) is 15.9 Å². The van der Waals surface area contributed by atoms with Crippen molar-refractivity contribution in [3.8, 4) is 16.9 Å². The first-order chi connectivity index (χ1) is 17.1. The van der Waals surface area contributed by atoms with Crippen LogP contribution < -0.4 is 79.3 Å². The molecule has 3 heterocycles. The SMILES string of the molecule is C1CCC1.CO.Cn1cc(-c2cc([O-])c3c(Nc4ccc5ncccc5c4F)ncnc3c2)cn1.[Cs+]. The summed E-state index contributed by atoms with van der Waals surface area (Å²) in [6, 6.07) is 9.91. The van der Waals surface area contributed by atoms with Gasteiger partial charge in [0.15, 0.2) is 5.82 Å². The zero-order chi connectivity index (χ0) is 24.8. The predicted octanol–water partition coefficient (Wildman–Crippen LogP) is 1.71. The Hall–Kier alpha value is -2.06. The van der Waals surface area contributed by atoms with Gasteiger partial charge >= 0.3 is 68.9 Å². The Morgan fingerprint density at radius 3 is 2.39 bits per heavy atom. The summed E-state index contributed by atoms with van der Waals surface area (Å²) >= 11 is 0. The molecule has 0 unspecified atom stereocenters. The van der Waals surface area contributed by atoms with Gasteiger partial charge in [0.05, 0.1) is 22.9 Å². The molecule has 6 rings (SSSR count). The molecule has 0 saturated heterocycles. The number of aliphatic hydroxyl groups excluding tert-OH is 1. The van der Waals surface area contributed by atoms with Crippen LogP contribution in [0.15, 0.2) is 61.3 Å². The Morgan fingerprint density at radius 1 is 0.972 bits per heavy atom. The Kier molecular flexibility index (Phi) is 10.7. The molecule has 0 amide bonds. The third-order valence-electron chi connectivity index (χ3n) is 5.71. The molecule has 1 aliphatic carbocycles. The molecular weight excluding hydrogens is 580 g/mol. The minimum atomic E-state index is -0.457. The molecule has 8 nitrogen and oxygen atoms in total. The van der Waals surface area contributed by atoms with Gasteiger partial charge in [-0.1, -0.05) is 37.5 Å². The summed E-state index contributed by atoms with van der Waals surface area (Å²) in [6.07, 6.45) is 12.5. The molecule has 0 atom stereocenters. The van der Waals surface area contributed by atoms with Crippen LogP contribution in [0.2, 0.25) is 0 Å². The van der Waals surface area contributed by atoms with Gasteiger partial charge in [0, 0.05) is 42.9 Å². The fraction of sp³-hybridized carbons (Fsp3) is 0.231. The molecular formula is C26H26CsFN6O2. The first kappa shape index (κ1) is 28.5. The van der Waals surface area contributed by atoms with E-state index in [1.54, 1.807) is 54.5 Å². The van der Waals surface area contributed by atoms with Gasteiger partial charge in [0.25, 0.3) is 0 Å². The number of fused-ring (bicyclic) bond motifs is 2. The molecule has 0 spiro atoms. The van der Waals surface area contributed by atoms with E-state index < -0.39 is 5.82 Å². The number of benzene rings is 2. The summed E-state index contributed by atoms with van der Waals surface area (Å²) in [7, 11) is 2.81. The van der Waals surface area contributed by atoms with Crippen LogP contribution in [-0.2, 0) is 7.05 Å². The van der Waals surface area contributed by atoms with E-state index in [1.807, 2.05) is 6.20 Å². The number of pyridine rings is 1. The van der Waals surface area contributed by atoms with Crippen LogP contribution in [-0.4, -0.2) is 36.9 Å². The minimum absolute atomic E-state index is 0. The Labute approximate surface area is 267 Å². The molecule has 2 aromatic carbocycles. The van der Waals surface area contributed by atoms with Gasteiger partial charge < -0.3 is 15.5 Å². The van der Waals surface area contributed by atoms with Gasteiger partial charge in [-0.05, 0) is 35.9 Å². The predicted molar refractivity (Wildman–Crippen MR) is 133 cm³/mol. The number of rotatable bonds is 3. The van der Waals surface area contributed by atoms with E-state index in [9.17, 15) is 9.50 Å². The van der Waals surface area contributed by atoms with Crippen LogP contribution >= 0.6 is 0 Å². The van der Waals surface area contributed by atoms with Gasteiger partial charge in [-0.15, -0.1) is 0 Å². The zero-order valence-electron chi connectivity index (χ0n) is 20.6. The second-order valence-corrected chi connectivity index (χ2v) is 8.03. The first-order valence-corrected chi connectivity index (χ1v) is 11.3. The van der Waals surface area contributed by atoms with E-state index in [-0.39, 0.29) is 86.1 Å². The summed E-state index contributed by atoms with van der Waals surface area (Å²) in [4.78, 5) is 12.5. The van der Waals surface area contributed by atoms with Gasteiger partial charge in [0.1, 0.15) is 12.1 Å². The summed E-state index contributed by atoms with van der Waals surface area (Å²) < 4.78 is 16.6. The van der Waals surface area contributed by atoms with Crippen molar-refractivity contribution in [1.82, 2.24) is 24.7 Å². The van der Waals surface area contributed by atoms with Crippen LogP contribution in [0.25, 0.3) is 32.9 Å². The molecule has 3 aromatic heterocycles. The number of anilines is 2. The smallest absolute Gasteiger partial charge is 0.872 e. The quantitative estimate of drug-likeness (QED) is 0.322. The maximum atomic E-state index is 14.9. The standard InChI is InChI=1S/C21H15FN6O.C4H8.CH4O.Cs/c1-28-10-13(9-26-28)12-7-17-19(18(29)8-12)21(25-11-24-17)27-16-5-4-15-14(20(16)22)3-2-6-23-15;1-2-4-3-1;1-2;/h2-11,29H,1H3,(H,24,25,27);1-4H2;2H,1H3;/q;;;+1/p-1. The fourth-order valence-electron chi connectivity index (χ4n) is 3.58. The molecule has 0 radical (unpaired) electrons. The number of hydrogen-bond acceptors (Lipinski definition) is 7. The van der Waals surface area contributed by atoms with Crippen molar-refractivity contribution in [2.75, 3.05) is 12.4 Å². The van der Waals surface area contributed by atoms with Crippen molar-refractivity contribution < 1.29 is 83.5 Å². The molecule has 1 aliphatic rings. The van der Waals surface area contributed by atoms with E-state index >= 15 is 0 Å². The summed E-state index contributed by atoms with van der Waals surface area (Å²) in [5.74, 6) is -0.464. The topological polar surface area (TPSA) is 112 Å². The van der Waals surface area contributed by atoms with E-state index in [2.05, 4.69) is 25.4 Å². The van der Waals surface area contributed by atoms with Gasteiger partial charge in [0.2, 0.25) is 0 Å². The van der Waals surface area contributed by atoms with Crippen LogP contribution in [0, 0.1) is 5.82 Å². The number of nitrogens with zero attached hydrogens (tertiary/aromatic N) is 5. The van der Waals surface area contributed by atoms with E-state index in [0.29, 0.717) is 27.4 Å². The second kappa shape index (κ2) is 13.5. The Bertz CT molecular complexity index is 1450. The number of aryl methyl sites for hydroxylation is 1. The summed E-state index contributed by atoms with van der Waals surface area (Å²) in [6.45, 7) is 0. The third-order valence-corrected chi connectivity index (χ3v) is 5.71. The van der Waals surface area contributed by atoms with E-state index in [4.69, 9.17) is 5.11 Å². The number of aromatic nitrogens is 5. The summed E-state index contributed by atoms with van der Waals surface area (Å²) in [5.41, 5.74) is 2.75. The molecule has 10 heteroatoms. The van der Waals surface area contributed by atoms with Crippen LogP contribution in [0.1, 0.15) is 25.7 Å². The molecule has 36 heavy (non-hydrogen) atoms. The van der Waals surface area contributed by atoms with Crippen LogP contribution in [0.3, 0.4) is 0 Å². The van der Waals surface area contributed by atoms with E-state index in [1.165, 1.54) is 38.1 Å². The third kappa shape index (κ3) is 6.43. The first-order valence-electron chi connectivity index (χ1n) is 11.3. The van der Waals surface area contributed by atoms with Crippen molar-refractivity contribution in [2.24, 2.45) is 7.05 Å². The molecule has 1 saturated carbocycles. The summed E-state index contributed by atoms with van der Waals surface area (Å²) in [5, 5.41) is 27.6. The van der Waals surface area contributed by atoms with Crippen molar-refractivity contribution in [2.45, 2.75) is 25.7 Å². The van der Waals surface area contributed by atoms with Crippen LogP contribution in [0.5, 0.6) is 5.75 Å². The average molecular weight is 606 g/mol. The largest absolute Gasteiger partial charge is 1.00 e. The van der Waals surface area contributed by atoms with Gasteiger partial charge in [-0.3, -0.25) is 9.67 Å². The van der Waals surface area contributed by atoms with Crippen molar-refractivity contribution in [3.05, 3.63) is 67.1 Å². The fourth-order valence-corrected chi connectivity index (χ4v) is 3.58. The van der Waals surface area contributed by atoms with Crippen molar-refractivity contribution in [3.63, 3.8) is 0 Å². The average Bonchev–Trinajstić information content (AvgIpc) is 3.27. The number of halogens is 1. The maximum Gasteiger partial charge on any atom is 1.00 e. The van der Waals surface area contributed by atoms with Crippen molar-refractivity contribution >= 4 is 33.3 Å². The second-order valence-electron chi connectivity index (χ2n) is 8.03. The van der Waals surface area contributed by atoms with Crippen molar-refractivity contribution in [1.29, 1.82) is 0 Å². The molecule has 180 valence electrons. The minimum Gasteiger partial charge on any atom is -0.872 e. The number of nitrogens with one attached hydrogen (secondary N) is 1. The Balaban J connectivity index is 0.000000463. The maximum absolute atomic E-state index is 14.9. The Morgan fingerprint density at radius 2 is 1.72 bits per heavy atom. The molecule has 0 bridgehead atoms. The number of hydrogen-bond donors (Lipinski definition) is 2. The van der Waals surface area contributed by atoms with Gasteiger partial charge in [-0.2, -0.15) is 5.10 Å². The normalized spacial score (nSPS) is 11.9. The monoisotopic (exact) mass is 606 g/mol. The molecule has 1 fully saturated rings.